The van der Waals surface area contributed by atoms with E-state index in [0.29, 0.717) is 12.3 Å². The lowest BCUT2D eigenvalue weighted by molar-refractivity contribution is -0.123. The first-order chi connectivity index (χ1) is 11.1. The normalized spacial score (nSPS) is 10.1. The molecule has 0 aliphatic rings. The number of aryl methyl sites for hydroxylation is 1. The molecule has 2 N–H and O–H groups in total. The van der Waals surface area contributed by atoms with Gasteiger partial charge in [0.1, 0.15) is 5.75 Å². The summed E-state index contributed by atoms with van der Waals surface area (Å²) >= 11 is 0. The molecule has 0 saturated heterocycles. The van der Waals surface area contributed by atoms with Crippen molar-refractivity contribution in [2.75, 3.05) is 6.61 Å². The summed E-state index contributed by atoms with van der Waals surface area (Å²) in [5.41, 5.74) is 2.26. The van der Waals surface area contributed by atoms with Crippen LogP contribution in [0.4, 0.5) is 0 Å². The van der Waals surface area contributed by atoms with Crippen LogP contribution in [0.15, 0.2) is 48.5 Å². The summed E-state index contributed by atoms with van der Waals surface area (Å²) in [4.78, 5) is 22.5. The molecule has 5 nitrogen and oxygen atoms in total. The standard InChI is InChI=1S/C18H19NO4/c1-2-13-5-9-16(10-6-13)23-12-17(20)19-11-14-3-7-15(8-4-14)18(21)22/h3-10H,2,11-12H2,1H3,(H,19,20)(H,21,22). The van der Waals surface area contributed by atoms with Gasteiger partial charge in [-0.25, -0.2) is 4.79 Å². The van der Waals surface area contributed by atoms with Gasteiger partial charge < -0.3 is 15.2 Å². The van der Waals surface area contributed by atoms with Crippen LogP contribution in [0.5, 0.6) is 5.75 Å². The van der Waals surface area contributed by atoms with Crippen LogP contribution in [-0.4, -0.2) is 23.6 Å². The van der Waals surface area contributed by atoms with E-state index >= 15 is 0 Å². The monoisotopic (exact) mass is 313 g/mol. The van der Waals surface area contributed by atoms with Crippen molar-refractivity contribution in [2.24, 2.45) is 0 Å². The number of hydrogen-bond acceptors (Lipinski definition) is 3. The molecule has 120 valence electrons. The Balaban J connectivity index is 1.77. The zero-order valence-corrected chi connectivity index (χ0v) is 12.9. The fraction of sp³-hybridized carbons (Fsp3) is 0.222. The Hall–Kier alpha value is -2.82. The average molecular weight is 313 g/mol. The van der Waals surface area contributed by atoms with E-state index in [2.05, 4.69) is 12.2 Å². The molecule has 0 bridgehead atoms. The molecule has 2 aromatic rings. The van der Waals surface area contributed by atoms with Gasteiger partial charge in [0.05, 0.1) is 5.56 Å². The molecule has 1 amide bonds. The first-order valence-electron chi connectivity index (χ1n) is 7.39. The van der Waals surface area contributed by atoms with Crippen molar-refractivity contribution in [3.63, 3.8) is 0 Å². The molecule has 0 saturated carbocycles. The number of rotatable bonds is 7. The van der Waals surface area contributed by atoms with Gasteiger partial charge in [-0.05, 0) is 41.8 Å². The van der Waals surface area contributed by atoms with Crippen molar-refractivity contribution < 1.29 is 19.4 Å². The molecule has 0 aliphatic carbocycles. The maximum atomic E-state index is 11.8. The number of nitrogens with one attached hydrogen (secondary N) is 1. The first-order valence-corrected chi connectivity index (χ1v) is 7.39. The Kier molecular flexibility index (Phi) is 5.74. The van der Waals surface area contributed by atoms with Crippen molar-refractivity contribution in [3.8, 4) is 5.75 Å². The van der Waals surface area contributed by atoms with Gasteiger partial charge in [0.25, 0.3) is 5.91 Å². The highest BCUT2D eigenvalue weighted by atomic mass is 16.5. The van der Waals surface area contributed by atoms with Crippen molar-refractivity contribution in [2.45, 2.75) is 19.9 Å². The highest BCUT2D eigenvalue weighted by molar-refractivity contribution is 5.87. The first kappa shape index (κ1) is 16.5. The number of amides is 1. The predicted octanol–water partition coefficient (Wildman–Crippen LogP) is 2.64. The summed E-state index contributed by atoms with van der Waals surface area (Å²) in [7, 11) is 0. The topological polar surface area (TPSA) is 75.6 Å². The molecular weight excluding hydrogens is 294 g/mol. The van der Waals surface area contributed by atoms with Gasteiger partial charge in [-0.15, -0.1) is 0 Å². The minimum absolute atomic E-state index is 0.0569. The molecule has 0 spiro atoms. The maximum absolute atomic E-state index is 11.8. The van der Waals surface area contributed by atoms with Crippen LogP contribution in [-0.2, 0) is 17.8 Å². The third kappa shape index (κ3) is 5.14. The van der Waals surface area contributed by atoms with Gasteiger partial charge in [-0.1, -0.05) is 31.2 Å². The third-order valence-corrected chi connectivity index (χ3v) is 3.39. The lowest BCUT2D eigenvalue weighted by atomic mass is 10.1. The smallest absolute Gasteiger partial charge is 0.335 e. The van der Waals surface area contributed by atoms with Gasteiger partial charge in [-0.3, -0.25) is 4.79 Å². The predicted molar refractivity (Wildman–Crippen MR) is 86.6 cm³/mol. The van der Waals surface area contributed by atoms with Crippen LogP contribution in [0.3, 0.4) is 0 Å². The second-order valence-corrected chi connectivity index (χ2v) is 5.06. The van der Waals surface area contributed by atoms with E-state index < -0.39 is 5.97 Å². The van der Waals surface area contributed by atoms with Crippen LogP contribution in [0.1, 0.15) is 28.4 Å². The molecule has 0 radical (unpaired) electrons. The second kappa shape index (κ2) is 7.98. The summed E-state index contributed by atoms with van der Waals surface area (Å²) in [6.45, 7) is 2.35. The van der Waals surface area contributed by atoms with E-state index in [1.54, 1.807) is 12.1 Å². The van der Waals surface area contributed by atoms with E-state index in [0.717, 1.165) is 12.0 Å². The van der Waals surface area contributed by atoms with E-state index in [1.807, 2.05) is 24.3 Å². The largest absolute Gasteiger partial charge is 0.484 e. The van der Waals surface area contributed by atoms with E-state index in [1.165, 1.54) is 17.7 Å². The summed E-state index contributed by atoms with van der Waals surface area (Å²) < 4.78 is 5.42. The van der Waals surface area contributed by atoms with Gasteiger partial charge >= 0.3 is 5.97 Å². The molecule has 23 heavy (non-hydrogen) atoms. The Morgan fingerprint density at radius 2 is 1.61 bits per heavy atom. The van der Waals surface area contributed by atoms with Crippen LogP contribution >= 0.6 is 0 Å². The van der Waals surface area contributed by atoms with Crippen molar-refractivity contribution in [1.29, 1.82) is 0 Å². The number of carboxylic acid groups (broad SMARTS) is 1. The highest BCUT2D eigenvalue weighted by Crippen LogP contribution is 2.12. The minimum atomic E-state index is -0.969. The molecule has 0 aromatic heterocycles. The number of benzene rings is 2. The summed E-state index contributed by atoms with van der Waals surface area (Å²) in [5, 5.41) is 11.5. The Morgan fingerprint density at radius 3 is 2.17 bits per heavy atom. The molecule has 0 heterocycles. The van der Waals surface area contributed by atoms with Crippen LogP contribution in [0.25, 0.3) is 0 Å². The van der Waals surface area contributed by atoms with E-state index in [-0.39, 0.29) is 18.1 Å². The average Bonchev–Trinajstić information content (AvgIpc) is 2.59. The SMILES string of the molecule is CCc1ccc(OCC(=O)NCc2ccc(C(=O)O)cc2)cc1. The molecule has 0 atom stereocenters. The van der Waals surface area contributed by atoms with Crippen LogP contribution in [0.2, 0.25) is 0 Å². The highest BCUT2D eigenvalue weighted by Gasteiger charge is 2.05. The molecule has 0 aliphatic heterocycles. The van der Waals surface area contributed by atoms with Crippen LogP contribution in [0, 0.1) is 0 Å². The maximum Gasteiger partial charge on any atom is 0.335 e. The van der Waals surface area contributed by atoms with E-state index in [4.69, 9.17) is 9.84 Å². The van der Waals surface area contributed by atoms with Gasteiger partial charge in [0.15, 0.2) is 6.61 Å². The van der Waals surface area contributed by atoms with Gasteiger partial charge in [0.2, 0.25) is 0 Å². The summed E-state index contributed by atoms with van der Waals surface area (Å²) in [6, 6.07) is 14.0. The Bertz CT molecular complexity index is 662. The van der Waals surface area contributed by atoms with Crippen molar-refractivity contribution in [3.05, 3.63) is 65.2 Å². The van der Waals surface area contributed by atoms with Gasteiger partial charge in [-0.2, -0.15) is 0 Å². The molecule has 0 fully saturated rings. The number of carbonyl (C=O) groups is 2. The summed E-state index contributed by atoms with van der Waals surface area (Å²) in [5.74, 6) is -0.543. The Morgan fingerprint density at radius 1 is 1.00 bits per heavy atom. The molecule has 5 heteroatoms. The number of aromatic carboxylic acids is 1. The van der Waals surface area contributed by atoms with Crippen molar-refractivity contribution >= 4 is 11.9 Å². The number of carboxylic acids is 1. The third-order valence-electron chi connectivity index (χ3n) is 3.39. The van der Waals surface area contributed by atoms with Gasteiger partial charge in [0, 0.05) is 6.54 Å². The zero-order chi connectivity index (χ0) is 16.7. The molecular formula is C18H19NO4. The molecule has 2 rings (SSSR count). The van der Waals surface area contributed by atoms with Crippen LogP contribution < -0.4 is 10.1 Å². The lowest BCUT2D eigenvalue weighted by Crippen LogP contribution is -2.28. The number of ether oxygens (including phenoxy) is 1. The quantitative estimate of drug-likeness (QED) is 0.824. The minimum Gasteiger partial charge on any atom is -0.484 e. The lowest BCUT2D eigenvalue weighted by Gasteiger charge is -2.08. The Labute approximate surface area is 134 Å². The number of hydrogen-bond donors (Lipinski definition) is 2. The fourth-order valence-corrected chi connectivity index (χ4v) is 1.99. The van der Waals surface area contributed by atoms with E-state index in [9.17, 15) is 9.59 Å². The summed E-state index contributed by atoms with van der Waals surface area (Å²) in [6.07, 6.45) is 0.960. The zero-order valence-electron chi connectivity index (χ0n) is 12.9. The number of carbonyl (C=O) groups excluding carboxylic acids is 1. The van der Waals surface area contributed by atoms with Crippen molar-refractivity contribution in [1.82, 2.24) is 5.32 Å². The second-order valence-electron chi connectivity index (χ2n) is 5.06. The fourth-order valence-electron chi connectivity index (χ4n) is 1.99. The molecule has 0 unspecified atom stereocenters. The molecule has 2 aromatic carbocycles.